The Bertz CT molecular complexity index is 2230. The van der Waals surface area contributed by atoms with E-state index >= 15 is 0 Å². The topological polar surface area (TPSA) is 51.6 Å². The monoisotopic (exact) mass is 562 g/mol. The van der Waals surface area contributed by atoms with Gasteiger partial charge in [-0.2, -0.15) is 0 Å². The van der Waals surface area contributed by atoms with E-state index in [0.29, 0.717) is 0 Å². The minimum Gasteiger partial charge on any atom is -0.256 e. The Balaban J connectivity index is 1.38. The molecule has 0 atom stereocenters. The maximum atomic E-state index is 5.01. The largest absolute Gasteiger partial charge is 0.256 e. The molecule has 0 fully saturated rings. The zero-order valence-electron chi connectivity index (χ0n) is 23.8. The summed E-state index contributed by atoms with van der Waals surface area (Å²) >= 11 is 0. The van der Waals surface area contributed by atoms with Crippen molar-refractivity contribution >= 4 is 21.5 Å². The maximum Gasteiger partial charge on any atom is 0.0717 e. The van der Waals surface area contributed by atoms with Crippen molar-refractivity contribution in [2.45, 2.75) is 0 Å². The quantitative estimate of drug-likeness (QED) is 0.196. The smallest absolute Gasteiger partial charge is 0.0717 e. The van der Waals surface area contributed by atoms with Gasteiger partial charge in [-0.3, -0.25) is 19.9 Å². The second-order valence-corrected chi connectivity index (χ2v) is 10.7. The van der Waals surface area contributed by atoms with Gasteiger partial charge in [0, 0.05) is 47.0 Å². The average molecular weight is 563 g/mol. The van der Waals surface area contributed by atoms with E-state index in [4.69, 9.17) is 9.97 Å². The molecule has 0 radical (unpaired) electrons. The molecule has 4 heteroatoms. The van der Waals surface area contributed by atoms with Crippen LogP contribution < -0.4 is 0 Å². The Morgan fingerprint density at radius 3 is 1.32 bits per heavy atom. The van der Waals surface area contributed by atoms with E-state index < -0.39 is 0 Å². The lowest BCUT2D eigenvalue weighted by molar-refractivity contribution is 1.28. The average Bonchev–Trinajstić information content (AvgIpc) is 3.12. The molecular weight excluding hydrogens is 536 g/mol. The number of hydrogen-bond acceptors (Lipinski definition) is 4. The fourth-order valence-electron chi connectivity index (χ4n) is 5.99. The molecule has 0 amide bonds. The lowest BCUT2D eigenvalue weighted by Gasteiger charge is -2.18. The van der Waals surface area contributed by atoms with E-state index in [1.807, 2.05) is 61.2 Å². The van der Waals surface area contributed by atoms with E-state index in [-0.39, 0.29) is 0 Å². The van der Waals surface area contributed by atoms with Crippen molar-refractivity contribution < 1.29 is 0 Å². The number of aromatic nitrogens is 4. The second-order valence-electron chi connectivity index (χ2n) is 10.7. The zero-order valence-corrected chi connectivity index (χ0v) is 23.8. The Kier molecular flexibility index (Phi) is 6.43. The van der Waals surface area contributed by atoms with E-state index in [9.17, 15) is 0 Å². The summed E-state index contributed by atoms with van der Waals surface area (Å²) in [5.41, 5.74) is 10.2. The molecule has 4 nitrogen and oxygen atoms in total. The van der Waals surface area contributed by atoms with Crippen molar-refractivity contribution in [3.8, 4) is 56.2 Å². The molecule has 8 rings (SSSR count). The summed E-state index contributed by atoms with van der Waals surface area (Å²) < 4.78 is 0. The molecule has 0 saturated carbocycles. The molecule has 0 N–H and O–H groups in total. The normalized spacial score (nSPS) is 11.2. The Morgan fingerprint density at radius 1 is 0.295 bits per heavy atom. The van der Waals surface area contributed by atoms with Crippen LogP contribution in [0.4, 0.5) is 0 Å². The van der Waals surface area contributed by atoms with Gasteiger partial charge in [-0.25, -0.2) is 0 Å². The Hall–Kier alpha value is -6.00. The van der Waals surface area contributed by atoms with Gasteiger partial charge >= 0.3 is 0 Å². The summed E-state index contributed by atoms with van der Waals surface area (Å²) in [4.78, 5) is 19.0. The Morgan fingerprint density at radius 2 is 0.795 bits per heavy atom. The third-order valence-electron chi connectivity index (χ3n) is 8.09. The van der Waals surface area contributed by atoms with E-state index in [1.54, 1.807) is 0 Å². The first-order valence-electron chi connectivity index (χ1n) is 14.6. The molecule has 206 valence electrons. The highest BCUT2D eigenvalue weighted by molar-refractivity contribution is 6.21. The molecule has 44 heavy (non-hydrogen) atoms. The molecule has 0 aliphatic rings. The van der Waals surface area contributed by atoms with Crippen LogP contribution in [-0.4, -0.2) is 19.9 Å². The van der Waals surface area contributed by atoms with Crippen LogP contribution in [0.25, 0.3) is 77.7 Å². The highest BCUT2D eigenvalue weighted by atomic mass is 14.7. The van der Waals surface area contributed by atoms with Crippen LogP contribution in [0.5, 0.6) is 0 Å². The second kappa shape index (κ2) is 11.0. The third kappa shape index (κ3) is 4.59. The first-order valence-corrected chi connectivity index (χ1v) is 14.6. The molecule has 4 aromatic carbocycles. The molecule has 0 saturated heterocycles. The van der Waals surface area contributed by atoms with Gasteiger partial charge in [-0.15, -0.1) is 0 Å². The van der Waals surface area contributed by atoms with Crippen LogP contribution >= 0.6 is 0 Å². The molecule has 8 aromatic rings. The number of benzene rings is 4. The summed E-state index contributed by atoms with van der Waals surface area (Å²) in [6.07, 6.45) is 7.46. The zero-order chi connectivity index (χ0) is 29.3. The minimum absolute atomic E-state index is 0.906. The summed E-state index contributed by atoms with van der Waals surface area (Å²) in [6.45, 7) is 0. The van der Waals surface area contributed by atoms with Crippen molar-refractivity contribution in [3.63, 3.8) is 0 Å². The first kappa shape index (κ1) is 25.7. The highest BCUT2D eigenvalue weighted by Gasteiger charge is 2.19. The fraction of sp³-hybridized carbons (Fsp3) is 0. The number of fused-ring (bicyclic) bond motifs is 2. The van der Waals surface area contributed by atoms with Gasteiger partial charge in [0.1, 0.15) is 0 Å². The van der Waals surface area contributed by atoms with Crippen LogP contribution in [0.15, 0.2) is 158 Å². The van der Waals surface area contributed by atoms with Crippen LogP contribution in [0.2, 0.25) is 0 Å². The summed E-state index contributed by atoms with van der Waals surface area (Å²) in [5, 5.41) is 4.53. The third-order valence-corrected chi connectivity index (χ3v) is 8.09. The molecule has 0 bridgehead atoms. The van der Waals surface area contributed by atoms with Gasteiger partial charge in [0.05, 0.1) is 22.8 Å². The van der Waals surface area contributed by atoms with E-state index in [2.05, 4.69) is 107 Å². The molecular formula is C40H26N4. The maximum absolute atomic E-state index is 5.01. The van der Waals surface area contributed by atoms with Crippen LogP contribution in [0.3, 0.4) is 0 Å². The molecule has 4 heterocycles. The number of hydrogen-bond donors (Lipinski definition) is 0. The predicted octanol–water partition coefficient (Wildman–Crippen LogP) is 9.91. The van der Waals surface area contributed by atoms with Crippen LogP contribution in [0.1, 0.15) is 0 Å². The van der Waals surface area contributed by atoms with Crippen molar-refractivity contribution in [1.82, 2.24) is 19.9 Å². The molecule has 0 aliphatic heterocycles. The van der Waals surface area contributed by atoms with E-state index in [1.165, 1.54) is 5.56 Å². The minimum atomic E-state index is 0.906. The van der Waals surface area contributed by atoms with Gasteiger partial charge in [-0.1, -0.05) is 78.9 Å². The summed E-state index contributed by atoms with van der Waals surface area (Å²) in [6, 6.07) is 46.1. The number of pyridine rings is 4. The molecule has 0 aliphatic carbocycles. The summed E-state index contributed by atoms with van der Waals surface area (Å²) in [7, 11) is 0. The predicted molar refractivity (Wildman–Crippen MR) is 180 cm³/mol. The van der Waals surface area contributed by atoms with Gasteiger partial charge in [-0.05, 0) is 87.3 Å². The molecule has 0 spiro atoms. The first-order chi connectivity index (χ1) is 21.8. The standard InChI is InChI=1S/C40H26N4/c1-2-10-27(11-3-1)28-16-19-33-34(24-28)40(38-21-18-30(26-44-38)36-15-7-9-23-42-36)32-13-5-4-12-31(32)39(33)37-20-17-29(25-43-37)35-14-6-8-22-41-35/h1-26H. The van der Waals surface area contributed by atoms with Crippen molar-refractivity contribution in [1.29, 1.82) is 0 Å². The van der Waals surface area contributed by atoms with Gasteiger partial charge in [0.25, 0.3) is 0 Å². The highest BCUT2D eigenvalue weighted by Crippen LogP contribution is 2.44. The van der Waals surface area contributed by atoms with Crippen molar-refractivity contribution in [2.75, 3.05) is 0 Å². The number of nitrogens with zero attached hydrogens (tertiary/aromatic N) is 4. The van der Waals surface area contributed by atoms with Crippen LogP contribution in [0, 0.1) is 0 Å². The SMILES string of the molecule is c1ccc(-c2ccc3c(-c4ccc(-c5ccccn5)cn4)c4ccccc4c(-c4ccc(-c5ccccn5)cn4)c3c2)cc1. The molecule has 0 unspecified atom stereocenters. The van der Waals surface area contributed by atoms with Gasteiger partial charge in [0.2, 0.25) is 0 Å². The lowest BCUT2D eigenvalue weighted by Crippen LogP contribution is -1.95. The fourth-order valence-corrected chi connectivity index (χ4v) is 5.99. The van der Waals surface area contributed by atoms with Crippen molar-refractivity contribution in [2.24, 2.45) is 0 Å². The Labute approximate surface area is 255 Å². The lowest BCUT2D eigenvalue weighted by atomic mass is 9.87. The molecule has 4 aromatic heterocycles. The van der Waals surface area contributed by atoms with Gasteiger partial charge < -0.3 is 0 Å². The van der Waals surface area contributed by atoms with Gasteiger partial charge in [0.15, 0.2) is 0 Å². The number of rotatable bonds is 5. The van der Waals surface area contributed by atoms with Crippen LogP contribution in [-0.2, 0) is 0 Å². The van der Waals surface area contributed by atoms with E-state index in [0.717, 1.165) is 72.1 Å². The van der Waals surface area contributed by atoms with Crippen molar-refractivity contribution in [3.05, 3.63) is 158 Å². The summed E-state index contributed by atoms with van der Waals surface area (Å²) in [5.74, 6) is 0.